The fourth-order valence-electron chi connectivity index (χ4n) is 2.88. The van der Waals surface area contributed by atoms with Crippen LogP contribution in [0, 0.1) is 24.4 Å². The van der Waals surface area contributed by atoms with E-state index in [1.807, 2.05) is 25.1 Å². The minimum Gasteiger partial charge on any atom is -0.252 e. The average Bonchev–Trinajstić information content (AvgIpc) is 2.95. The van der Waals surface area contributed by atoms with Gasteiger partial charge in [-0.1, -0.05) is 12.1 Å². The third kappa shape index (κ3) is 2.11. The normalized spacial score (nSPS) is 13.3. The largest absolute Gasteiger partial charge is 0.252 e. The van der Waals surface area contributed by atoms with Crippen LogP contribution in [0.3, 0.4) is 0 Å². The number of halogens is 3. The Morgan fingerprint density at radius 1 is 1.00 bits per heavy atom. The van der Waals surface area contributed by atoms with E-state index in [0.29, 0.717) is 22.3 Å². The van der Waals surface area contributed by atoms with E-state index in [1.54, 1.807) is 12.3 Å². The molecule has 3 aromatic rings. The third-order valence-corrected chi connectivity index (χ3v) is 4.04. The number of aromatic nitrogens is 2. The summed E-state index contributed by atoms with van der Waals surface area (Å²) in [7, 11) is 0. The van der Waals surface area contributed by atoms with Crippen LogP contribution in [0.2, 0.25) is 0 Å². The molecule has 0 radical (unpaired) electrons. The molecule has 0 amide bonds. The van der Waals surface area contributed by atoms with E-state index in [0.717, 1.165) is 17.1 Å². The highest BCUT2D eigenvalue weighted by Gasteiger charge is 2.25. The lowest BCUT2D eigenvalue weighted by Crippen LogP contribution is -2.00. The van der Waals surface area contributed by atoms with Gasteiger partial charge in [-0.05, 0) is 42.7 Å². The second-order valence-corrected chi connectivity index (χ2v) is 5.58. The highest BCUT2D eigenvalue weighted by atomic mass is 19.2. The van der Waals surface area contributed by atoms with Gasteiger partial charge in [-0.3, -0.25) is 4.98 Å². The van der Waals surface area contributed by atoms with Crippen molar-refractivity contribution in [3.8, 4) is 0 Å². The van der Waals surface area contributed by atoms with Crippen LogP contribution in [0.15, 0.2) is 36.5 Å². The number of hydrogen-bond donors (Lipinski definition) is 0. The molecule has 1 heterocycles. The van der Waals surface area contributed by atoms with Gasteiger partial charge in [-0.15, -0.1) is 0 Å². The van der Waals surface area contributed by atoms with Gasteiger partial charge in [0, 0.05) is 11.1 Å². The van der Waals surface area contributed by atoms with Crippen LogP contribution >= 0.6 is 0 Å². The van der Waals surface area contributed by atoms with Crippen LogP contribution in [0.1, 0.15) is 22.4 Å². The van der Waals surface area contributed by atoms with Gasteiger partial charge in [0.05, 0.1) is 22.9 Å². The quantitative estimate of drug-likeness (QED) is 0.625. The van der Waals surface area contributed by atoms with Crippen molar-refractivity contribution in [2.45, 2.75) is 13.3 Å². The summed E-state index contributed by atoms with van der Waals surface area (Å²) in [5.74, 6) is -3.76. The maximum atomic E-state index is 13.9. The Kier molecular flexibility index (Phi) is 2.98. The van der Waals surface area contributed by atoms with Gasteiger partial charge < -0.3 is 0 Å². The van der Waals surface area contributed by atoms with Crippen LogP contribution in [-0.4, -0.2) is 9.97 Å². The number of fused-ring (bicyclic) bond motifs is 2. The standard InChI is InChI=1S/C18H11F3N2/c1-9-2-5-14-15(6-9)23-16(8-22-14)10-3-4-11-12(10)7-13(19)18(21)17(11)20/h2-3,5-8H,4H2,1H3. The maximum Gasteiger partial charge on any atom is 0.194 e. The molecule has 1 aliphatic carbocycles. The molecule has 0 unspecified atom stereocenters. The molecule has 0 bridgehead atoms. The third-order valence-electron chi connectivity index (χ3n) is 4.04. The summed E-state index contributed by atoms with van der Waals surface area (Å²) >= 11 is 0. The molecule has 0 saturated carbocycles. The van der Waals surface area contributed by atoms with E-state index in [9.17, 15) is 13.2 Å². The van der Waals surface area contributed by atoms with Crippen molar-refractivity contribution in [1.82, 2.24) is 9.97 Å². The lowest BCUT2D eigenvalue weighted by molar-refractivity contribution is 0.442. The van der Waals surface area contributed by atoms with Crippen molar-refractivity contribution in [1.29, 1.82) is 0 Å². The Balaban J connectivity index is 1.88. The molecule has 2 aromatic carbocycles. The summed E-state index contributed by atoms with van der Waals surface area (Å²) in [5.41, 5.74) is 4.09. The molecular weight excluding hydrogens is 301 g/mol. The van der Waals surface area contributed by atoms with Gasteiger partial charge in [0.2, 0.25) is 0 Å². The second kappa shape index (κ2) is 4.91. The number of aryl methyl sites for hydroxylation is 1. The number of allylic oxidation sites excluding steroid dienone is 1. The average molecular weight is 312 g/mol. The molecule has 0 saturated heterocycles. The van der Waals surface area contributed by atoms with E-state index in [2.05, 4.69) is 9.97 Å². The molecule has 5 heteroatoms. The minimum atomic E-state index is -1.43. The Hall–Kier alpha value is -2.69. The van der Waals surface area contributed by atoms with Crippen LogP contribution in [0.25, 0.3) is 16.6 Å². The fourth-order valence-corrected chi connectivity index (χ4v) is 2.88. The molecule has 1 aliphatic rings. The van der Waals surface area contributed by atoms with E-state index in [4.69, 9.17) is 0 Å². The molecule has 1 aromatic heterocycles. The van der Waals surface area contributed by atoms with E-state index < -0.39 is 17.5 Å². The van der Waals surface area contributed by atoms with Crippen molar-refractivity contribution in [3.63, 3.8) is 0 Å². The summed E-state index contributed by atoms with van der Waals surface area (Å²) in [6.45, 7) is 1.95. The zero-order valence-electron chi connectivity index (χ0n) is 12.2. The number of nitrogens with zero attached hydrogens (tertiary/aromatic N) is 2. The Labute approximate surface area is 130 Å². The summed E-state index contributed by atoms with van der Waals surface area (Å²) in [6, 6.07) is 6.73. The molecular formula is C18H11F3N2. The van der Waals surface area contributed by atoms with Crippen molar-refractivity contribution in [3.05, 3.63) is 76.4 Å². The second-order valence-electron chi connectivity index (χ2n) is 5.58. The topological polar surface area (TPSA) is 25.8 Å². The number of rotatable bonds is 1. The molecule has 0 aliphatic heterocycles. The van der Waals surface area contributed by atoms with Crippen LogP contribution in [0.5, 0.6) is 0 Å². The summed E-state index contributed by atoms with van der Waals surface area (Å²) in [6.07, 6.45) is 3.50. The zero-order valence-corrected chi connectivity index (χ0v) is 12.2. The monoisotopic (exact) mass is 312 g/mol. The SMILES string of the molecule is Cc1ccc2ncc(C3=CCc4c3cc(F)c(F)c4F)nc2c1. The van der Waals surface area contributed by atoms with Crippen LogP contribution < -0.4 is 0 Å². The lowest BCUT2D eigenvalue weighted by atomic mass is 10.0. The van der Waals surface area contributed by atoms with Crippen LogP contribution in [-0.2, 0) is 6.42 Å². The minimum absolute atomic E-state index is 0.157. The zero-order chi connectivity index (χ0) is 16.1. The number of hydrogen-bond acceptors (Lipinski definition) is 2. The van der Waals surface area contributed by atoms with Gasteiger partial charge in [0.25, 0.3) is 0 Å². The molecule has 23 heavy (non-hydrogen) atoms. The van der Waals surface area contributed by atoms with E-state index in [-0.39, 0.29) is 12.0 Å². The number of benzene rings is 2. The van der Waals surface area contributed by atoms with Crippen molar-refractivity contribution < 1.29 is 13.2 Å². The van der Waals surface area contributed by atoms with Gasteiger partial charge in [-0.2, -0.15) is 0 Å². The molecule has 0 fully saturated rings. The van der Waals surface area contributed by atoms with Crippen LogP contribution in [0.4, 0.5) is 13.2 Å². The Morgan fingerprint density at radius 2 is 1.83 bits per heavy atom. The summed E-state index contributed by atoms with van der Waals surface area (Å²) in [5, 5.41) is 0. The van der Waals surface area contributed by atoms with Crippen molar-refractivity contribution in [2.75, 3.05) is 0 Å². The highest BCUT2D eigenvalue weighted by Crippen LogP contribution is 2.35. The fraction of sp³-hybridized carbons (Fsp3) is 0.111. The predicted molar refractivity (Wildman–Crippen MR) is 81.4 cm³/mol. The molecule has 0 spiro atoms. The Bertz CT molecular complexity index is 993. The first-order valence-electron chi connectivity index (χ1n) is 7.15. The van der Waals surface area contributed by atoms with Crippen molar-refractivity contribution >= 4 is 16.6 Å². The Morgan fingerprint density at radius 3 is 2.65 bits per heavy atom. The van der Waals surface area contributed by atoms with Gasteiger partial charge in [0.1, 0.15) is 0 Å². The lowest BCUT2D eigenvalue weighted by Gasteiger charge is -2.08. The molecule has 114 valence electrons. The van der Waals surface area contributed by atoms with E-state index >= 15 is 0 Å². The predicted octanol–water partition coefficient (Wildman–Crippen LogP) is 4.34. The highest BCUT2D eigenvalue weighted by molar-refractivity contribution is 5.85. The first kappa shape index (κ1) is 13.9. The van der Waals surface area contributed by atoms with E-state index in [1.165, 1.54) is 0 Å². The first-order valence-corrected chi connectivity index (χ1v) is 7.15. The van der Waals surface area contributed by atoms with Gasteiger partial charge >= 0.3 is 0 Å². The molecule has 4 rings (SSSR count). The molecule has 0 atom stereocenters. The first-order chi connectivity index (χ1) is 11.0. The molecule has 0 N–H and O–H groups in total. The van der Waals surface area contributed by atoms with Gasteiger partial charge in [0.15, 0.2) is 17.5 Å². The smallest absolute Gasteiger partial charge is 0.194 e. The summed E-state index contributed by atoms with van der Waals surface area (Å²) in [4.78, 5) is 8.87. The van der Waals surface area contributed by atoms with Gasteiger partial charge in [-0.25, -0.2) is 18.2 Å². The summed E-state index contributed by atoms with van der Waals surface area (Å²) < 4.78 is 40.8. The van der Waals surface area contributed by atoms with Crippen molar-refractivity contribution in [2.24, 2.45) is 0 Å². The maximum absolute atomic E-state index is 13.9. The molecule has 2 nitrogen and oxygen atoms in total.